The SMILES string of the molecule is COC(=O)c1cn(CCCC2CCCCN2)c2c(Br)cccc12. The van der Waals surface area contributed by atoms with Crippen LogP contribution in [0.25, 0.3) is 10.9 Å². The van der Waals surface area contributed by atoms with Gasteiger partial charge in [0.15, 0.2) is 0 Å². The van der Waals surface area contributed by atoms with Gasteiger partial charge in [0.1, 0.15) is 0 Å². The van der Waals surface area contributed by atoms with E-state index in [4.69, 9.17) is 4.74 Å². The molecule has 0 saturated carbocycles. The predicted octanol–water partition coefficient (Wildman–Crippen LogP) is 4.11. The number of aryl methyl sites for hydroxylation is 1. The Balaban J connectivity index is 1.78. The maximum Gasteiger partial charge on any atom is 0.340 e. The van der Waals surface area contributed by atoms with Gasteiger partial charge in [-0.05, 0) is 54.2 Å². The van der Waals surface area contributed by atoms with Crippen LogP contribution in [0.3, 0.4) is 0 Å². The lowest BCUT2D eigenvalue weighted by Gasteiger charge is -2.23. The normalized spacial score (nSPS) is 18.3. The van der Waals surface area contributed by atoms with Crippen LogP contribution in [0.5, 0.6) is 0 Å². The lowest BCUT2D eigenvalue weighted by atomic mass is 10.0. The Bertz CT molecular complexity index is 690. The molecule has 2 heterocycles. The largest absolute Gasteiger partial charge is 0.465 e. The summed E-state index contributed by atoms with van der Waals surface area (Å²) in [5, 5.41) is 4.54. The molecule has 1 fully saturated rings. The Hall–Kier alpha value is -1.33. The number of hydrogen-bond donors (Lipinski definition) is 1. The molecule has 1 aromatic carbocycles. The number of aromatic nitrogens is 1. The summed E-state index contributed by atoms with van der Waals surface area (Å²) in [5.41, 5.74) is 1.71. The van der Waals surface area contributed by atoms with Crippen molar-refractivity contribution in [3.05, 3.63) is 34.4 Å². The number of nitrogens with one attached hydrogen (secondary N) is 1. The van der Waals surface area contributed by atoms with Gasteiger partial charge in [0.05, 0.1) is 18.2 Å². The number of nitrogens with zero attached hydrogens (tertiary/aromatic N) is 1. The fraction of sp³-hybridized carbons (Fsp3) is 0.500. The van der Waals surface area contributed by atoms with Crippen molar-refractivity contribution in [2.75, 3.05) is 13.7 Å². The number of ether oxygens (including phenoxy) is 1. The molecule has 0 aliphatic carbocycles. The van der Waals surface area contributed by atoms with E-state index in [1.807, 2.05) is 24.4 Å². The van der Waals surface area contributed by atoms with Crippen molar-refractivity contribution < 1.29 is 9.53 Å². The van der Waals surface area contributed by atoms with Crippen LogP contribution in [0, 0.1) is 0 Å². The second kappa shape index (κ2) is 7.49. The number of para-hydroxylation sites is 1. The van der Waals surface area contributed by atoms with E-state index in [9.17, 15) is 4.79 Å². The molecule has 3 rings (SSSR count). The molecule has 0 bridgehead atoms. The van der Waals surface area contributed by atoms with Crippen LogP contribution >= 0.6 is 15.9 Å². The first kappa shape index (κ1) is 16.5. The first-order valence-corrected chi connectivity index (χ1v) is 9.09. The Labute approximate surface area is 145 Å². The van der Waals surface area contributed by atoms with Crippen LogP contribution in [0.1, 0.15) is 42.5 Å². The van der Waals surface area contributed by atoms with Gasteiger partial charge in [-0.2, -0.15) is 0 Å². The van der Waals surface area contributed by atoms with E-state index in [2.05, 4.69) is 25.8 Å². The molecule has 0 radical (unpaired) electrons. The predicted molar refractivity (Wildman–Crippen MR) is 95.9 cm³/mol. The molecular formula is C18H23BrN2O2. The summed E-state index contributed by atoms with van der Waals surface area (Å²) in [6.07, 6.45) is 8.12. The molecule has 4 nitrogen and oxygen atoms in total. The molecule has 124 valence electrons. The summed E-state index contributed by atoms with van der Waals surface area (Å²) < 4.78 is 8.11. The van der Waals surface area contributed by atoms with Gasteiger partial charge >= 0.3 is 5.97 Å². The van der Waals surface area contributed by atoms with Gasteiger partial charge in [0.25, 0.3) is 0 Å². The number of hydrogen-bond acceptors (Lipinski definition) is 3. The monoisotopic (exact) mass is 378 g/mol. The minimum Gasteiger partial charge on any atom is -0.465 e. The number of esters is 1. The van der Waals surface area contributed by atoms with E-state index in [0.717, 1.165) is 34.9 Å². The molecule has 1 saturated heterocycles. The van der Waals surface area contributed by atoms with Gasteiger partial charge < -0.3 is 14.6 Å². The molecule has 0 spiro atoms. The highest BCUT2D eigenvalue weighted by molar-refractivity contribution is 9.10. The number of carbonyl (C=O) groups excluding carboxylic acids is 1. The fourth-order valence-corrected chi connectivity index (χ4v) is 4.04. The summed E-state index contributed by atoms with van der Waals surface area (Å²) in [6.45, 7) is 2.06. The van der Waals surface area contributed by atoms with Crippen LogP contribution < -0.4 is 5.32 Å². The van der Waals surface area contributed by atoms with Crippen LogP contribution in [0.2, 0.25) is 0 Å². The van der Waals surface area contributed by atoms with Gasteiger partial charge in [-0.15, -0.1) is 0 Å². The molecule has 1 unspecified atom stereocenters. The first-order valence-electron chi connectivity index (χ1n) is 8.29. The Morgan fingerprint density at radius 3 is 3.04 bits per heavy atom. The fourth-order valence-electron chi connectivity index (χ4n) is 3.44. The second-order valence-corrected chi connectivity index (χ2v) is 7.01. The van der Waals surface area contributed by atoms with E-state index in [1.54, 1.807) is 0 Å². The second-order valence-electron chi connectivity index (χ2n) is 6.15. The number of halogens is 1. The van der Waals surface area contributed by atoms with Crippen molar-refractivity contribution in [2.45, 2.75) is 44.7 Å². The van der Waals surface area contributed by atoms with Crippen molar-refractivity contribution in [2.24, 2.45) is 0 Å². The van der Waals surface area contributed by atoms with E-state index < -0.39 is 0 Å². The average molecular weight is 379 g/mol. The summed E-state index contributed by atoms with van der Waals surface area (Å²) in [4.78, 5) is 12.0. The minimum absolute atomic E-state index is 0.277. The molecule has 0 amide bonds. The van der Waals surface area contributed by atoms with E-state index >= 15 is 0 Å². The van der Waals surface area contributed by atoms with E-state index in [0.29, 0.717) is 11.6 Å². The summed E-state index contributed by atoms with van der Waals surface area (Å²) in [6, 6.07) is 6.59. The van der Waals surface area contributed by atoms with Gasteiger partial charge in [-0.1, -0.05) is 18.6 Å². The van der Waals surface area contributed by atoms with Crippen molar-refractivity contribution in [3.63, 3.8) is 0 Å². The first-order chi connectivity index (χ1) is 11.2. The highest BCUT2D eigenvalue weighted by atomic mass is 79.9. The zero-order chi connectivity index (χ0) is 16.2. The number of benzene rings is 1. The Morgan fingerprint density at radius 2 is 2.30 bits per heavy atom. The highest BCUT2D eigenvalue weighted by Gasteiger charge is 2.17. The summed E-state index contributed by atoms with van der Waals surface area (Å²) >= 11 is 3.62. The molecule has 1 atom stereocenters. The topological polar surface area (TPSA) is 43.3 Å². The third-order valence-electron chi connectivity index (χ3n) is 4.62. The summed E-state index contributed by atoms with van der Waals surface area (Å²) in [7, 11) is 1.43. The van der Waals surface area contributed by atoms with Crippen LogP contribution in [0.4, 0.5) is 0 Å². The maximum atomic E-state index is 12.0. The third-order valence-corrected chi connectivity index (χ3v) is 5.26. The van der Waals surface area contributed by atoms with Crippen LogP contribution in [0.15, 0.2) is 28.9 Å². The Morgan fingerprint density at radius 1 is 1.43 bits per heavy atom. The third kappa shape index (κ3) is 3.61. The summed E-state index contributed by atoms with van der Waals surface area (Å²) in [5.74, 6) is -0.277. The number of carbonyl (C=O) groups is 1. The lowest BCUT2D eigenvalue weighted by molar-refractivity contribution is 0.0602. The minimum atomic E-state index is -0.277. The van der Waals surface area contributed by atoms with Crippen LogP contribution in [-0.2, 0) is 11.3 Å². The molecule has 5 heteroatoms. The van der Waals surface area contributed by atoms with Gasteiger partial charge in [-0.25, -0.2) is 4.79 Å². The lowest BCUT2D eigenvalue weighted by Crippen LogP contribution is -2.33. The average Bonchev–Trinajstić information content (AvgIpc) is 2.95. The maximum absolute atomic E-state index is 12.0. The molecule has 23 heavy (non-hydrogen) atoms. The zero-order valence-electron chi connectivity index (χ0n) is 13.5. The molecule has 1 aromatic heterocycles. The zero-order valence-corrected chi connectivity index (χ0v) is 15.1. The number of fused-ring (bicyclic) bond motifs is 1. The number of methoxy groups -OCH3 is 1. The van der Waals surface area contributed by atoms with Gasteiger partial charge in [-0.3, -0.25) is 0 Å². The highest BCUT2D eigenvalue weighted by Crippen LogP contribution is 2.29. The number of piperidine rings is 1. The van der Waals surface area contributed by atoms with Crippen molar-refractivity contribution in [1.82, 2.24) is 9.88 Å². The van der Waals surface area contributed by atoms with Crippen molar-refractivity contribution in [3.8, 4) is 0 Å². The smallest absolute Gasteiger partial charge is 0.340 e. The molecule has 2 aromatic rings. The van der Waals surface area contributed by atoms with Crippen LogP contribution in [-0.4, -0.2) is 30.2 Å². The standard InChI is InChI=1S/C18H23BrN2O2/c1-23-18(22)15-12-21(17-14(15)8-4-9-16(17)19)11-5-7-13-6-2-3-10-20-13/h4,8-9,12-13,20H,2-3,5-7,10-11H2,1H3. The molecule has 1 aliphatic heterocycles. The van der Waals surface area contributed by atoms with E-state index in [1.165, 1.54) is 32.8 Å². The number of rotatable bonds is 5. The molecule has 1 aliphatic rings. The van der Waals surface area contributed by atoms with E-state index in [-0.39, 0.29) is 5.97 Å². The van der Waals surface area contributed by atoms with Gasteiger partial charge in [0.2, 0.25) is 0 Å². The molecule has 1 N–H and O–H groups in total. The Kier molecular flexibility index (Phi) is 5.38. The molecular weight excluding hydrogens is 356 g/mol. The quantitative estimate of drug-likeness (QED) is 0.795. The van der Waals surface area contributed by atoms with Crippen molar-refractivity contribution in [1.29, 1.82) is 0 Å². The van der Waals surface area contributed by atoms with Gasteiger partial charge in [0, 0.05) is 28.6 Å². The van der Waals surface area contributed by atoms with Crippen molar-refractivity contribution >= 4 is 32.8 Å².